The van der Waals surface area contributed by atoms with E-state index < -0.39 is 10.0 Å². The molecular weight excluding hydrogens is 272 g/mol. The number of nitrogen functional groups attached to an aromatic ring is 1. The fourth-order valence-electron chi connectivity index (χ4n) is 2.53. The Morgan fingerprint density at radius 2 is 1.80 bits per heavy atom. The van der Waals surface area contributed by atoms with Crippen molar-refractivity contribution in [2.45, 2.75) is 39.0 Å². The van der Waals surface area contributed by atoms with E-state index in [9.17, 15) is 8.42 Å². The van der Waals surface area contributed by atoms with E-state index in [-0.39, 0.29) is 0 Å². The molecule has 0 atom stereocenters. The zero-order valence-electron chi connectivity index (χ0n) is 12.5. The Morgan fingerprint density at radius 3 is 2.35 bits per heavy atom. The van der Waals surface area contributed by atoms with Crippen molar-refractivity contribution in [3.05, 3.63) is 34.4 Å². The molecule has 0 fully saturated rings. The highest BCUT2D eigenvalue weighted by molar-refractivity contribution is 7.89. The van der Waals surface area contributed by atoms with Gasteiger partial charge in [-0.1, -0.05) is 11.6 Å². The highest BCUT2D eigenvalue weighted by Crippen LogP contribution is 2.31. The van der Waals surface area contributed by atoms with E-state index in [0.29, 0.717) is 29.2 Å². The lowest BCUT2D eigenvalue weighted by Gasteiger charge is -2.27. The molecule has 5 heteroatoms. The minimum atomic E-state index is -3.48. The van der Waals surface area contributed by atoms with Crippen molar-refractivity contribution >= 4 is 15.7 Å². The predicted molar refractivity (Wildman–Crippen MR) is 82.2 cm³/mol. The first-order valence-electron chi connectivity index (χ1n) is 6.77. The van der Waals surface area contributed by atoms with Crippen LogP contribution in [-0.2, 0) is 10.0 Å². The Bertz CT molecular complexity index is 649. The molecule has 1 aliphatic rings. The van der Waals surface area contributed by atoms with Crippen LogP contribution >= 0.6 is 0 Å². The van der Waals surface area contributed by atoms with Crippen molar-refractivity contribution in [1.82, 2.24) is 4.31 Å². The summed E-state index contributed by atoms with van der Waals surface area (Å²) in [5.41, 5.74) is 10.1. The molecule has 0 unspecified atom stereocenters. The summed E-state index contributed by atoms with van der Waals surface area (Å²) >= 11 is 0. The molecule has 1 heterocycles. The maximum absolute atomic E-state index is 12.9. The number of benzene rings is 1. The van der Waals surface area contributed by atoms with E-state index in [0.717, 1.165) is 17.5 Å². The Hall–Kier alpha value is -1.33. The van der Waals surface area contributed by atoms with Crippen LogP contribution < -0.4 is 5.73 Å². The zero-order chi connectivity index (χ0) is 15.1. The third-order valence-corrected chi connectivity index (χ3v) is 6.21. The summed E-state index contributed by atoms with van der Waals surface area (Å²) < 4.78 is 27.3. The minimum absolute atomic E-state index is 0.378. The average Bonchev–Trinajstić information content (AvgIpc) is 2.37. The Morgan fingerprint density at radius 1 is 1.15 bits per heavy atom. The lowest BCUT2D eigenvalue weighted by molar-refractivity contribution is 0.430. The van der Waals surface area contributed by atoms with Gasteiger partial charge in [-0.05, 0) is 56.9 Å². The van der Waals surface area contributed by atoms with Crippen LogP contribution in [0.4, 0.5) is 5.69 Å². The van der Waals surface area contributed by atoms with Crippen molar-refractivity contribution in [2.24, 2.45) is 0 Å². The van der Waals surface area contributed by atoms with Crippen molar-refractivity contribution in [2.75, 3.05) is 18.8 Å². The van der Waals surface area contributed by atoms with Crippen molar-refractivity contribution < 1.29 is 8.42 Å². The van der Waals surface area contributed by atoms with Crippen LogP contribution in [0.25, 0.3) is 0 Å². The predicted octanol–water partition coefficient (Wildman–Crippen LogP) is 2.53. The molecule has 0 aromatic heterocycles. The number of hydrogen-bond donors (Lipinski definition) is 1. The minimum Gasteiger partial charge on any atom is -0.398 e. The van der Waals surface area contributed by atoms with Crippen LogP contribution in [0.3, 0.4) is 0 Å². The fourth-order valence-corrected chi connectivity index (χ4v) is 4.44. The summed E-state index contributed by atoms with van der Waals surface area (Å²) in [7, 11) is -3.48. The molecule has 2 rings (SSSR count). The second-order valence-electron chi connectivity index (χ2n) is 5.53. The number of aryl methyl sites for hydroxylation is 1. The monoisotopic (exact) mass is 294 g/mol. The summed E-state index contributed by atoms with van der Waals surface area (Å²) in [5.74, 6) is 0. The first-order valence-corrected chi connectivity index (χ1v) is 8.21. The second-order valence-corrected chi connectivity index (χ2v) is 7.40. The molecule has 4 nitrogen and oxygen atoms in total. The topological polar surface area (TPSA) is 63.4 Å². The third-order valence-electron chi connectivity index (χ3n) is 4.07. The lowest BCUT2D eigenvalue weighted by atomic mass is 10.1. The lowest BCUT2D eigenvalue weighted by Crippen LogP contribution is -2.35. The quantitative estimate of drug-likeness (QED) is 0.673. The van der Waals surface area contributed by atoms with Crippen molar-refractivity contribution in [3.8, 4) is 0 Å². The molecule has 110 valence electrons. The van der Waals surface area contributed by atoms with Gasteiger partial charge in [-0.3, -0.25) is 0 Å². The van der Waals surface area contributed by atoms with Crippen LogP contribution in [0.5, 0.6) is 0 Å². The molecular formula is C15H22N2O2S. The molecule has 20 heavy (non-hydrogen) atoms. The number of anilines is 1. The molecule has 0 radical (unpaired) electrons. The van der Waals surface area contributed by atoms with Gasteiger partial charge in [0.15, 0.2) is 0 Å². The Balaban J connectivity index is 2.56. The SMILES string of the molecule is CC1=CCN(S(=O)(=O)c2c(C)c(C)cc(N)c2C)CC1. The van der Waals surface area contributed by atoms with E-state index >= 15 is 0 Å². The van der Waals surface area contributed by atoms with Gasteiger partial charge in [-0.15, -0.1) is 0 Å². The third kappa shape index (κ3) is 2.47. The highest BCUT2D eigenvalue weighted by Gasteiger charge is 2.29. The van der Waals surface area contributed by atoms with Gasteiger partial charge in [0.1, 0.15) is 0 Å². The summed E-state index contributed by atoms with van der Waals surface area (Å²) in [6, 6.07) is 1.84. The smallest absolute Gasteiger partial charge is 0.243 e. The zero-order valence-corrected chi connectivity index (χ0v) is 13.3. The number of hydrogen-bond acceptors (Lipinski definition) is 3. The first kappa shape index (κ1) is 15.1. The standard InChI is InChI=1S/C15H22N2O2S/c1-10-5-7-17(8-6-10)20(18,19)15-12(3)11(2)9-14(16)13(15)4/h5,9H,6-8,16H2,1-4H3. The number of rotatable bonds is 2. The normalized spacial score (nSPS) is 17.1. The van der Waals surface area contributed by atoms with E-state index in [2.05, 4.69) is 0 Å². The second kappa shape index (κ2) is 5.22. The molecule has 1 aromatic rings. The maximum atomic E-state index is 12.9. The molecule has 0 aliphatic carbocycles. The molecule has 1 aromatic carbocycles. The van der Waals surface area contributed by atoms with E-state index in [1.165, 1.54) is 9.88 Å². The molecule has 0 amide bonds. The van der Waals surface area contributed by atoms with Gasteiger partial charge in [-0.25, -0.2) is 8.42 Å². The van der Waals surface area contributed by atoms with Gasteiger partial charge in [0, 0.05) is 18.8 Å². The molecule has 0 bridgehead atoms. The first-order chi connectivity index (χ1) is 9.25. The van der Waals surface area contributed by atoms with Gasteiger partial charge < -0.3 is 5.73 Å². The van der Waals surface area contributed by atoms with Crippen molar-refractivity contribution in [1.29, 1.82) is 0 Å². The molecule has 0 saturated carbocycles. The number of nitrogens with zero attached hydrogens (tertiary/aromatic N) is 1. The molecule has 1 aliphatic heterocycles. The van der Waals surface area contributed by atoms with Crippen LogP contribution in [0.15, 0.2) is 22.6 Å². The van der Waals surface area contributed by atoms with Crippen LogP contribution in [0.1, 0.15) is 30.0 Å². The fraction of sp³-hybridized carbons (Fsp3) is 0.467. The summed E-state index contributed by atoms with van der Waals surface area (Å²) in [6.07, 6.45) is 2.77. The molecule has 2 N–H and O–H groups in total. The molecule has 0 saturated heterocycles. The van der Waals surface area contributed by atoms with Gasteiger partial charge in [0.05, 0.1) is 4.90 Å². The van der Waals surface area contributed by atoms with Gasteiger partial charge in [0.2, 0.25) is 10.0 Å². The Kier molecular flexibility index (Phi) is 3.93. The molecule has 0 spiro atoms. The van der Waals surface area contributed by atoms with Gasteiger partial charge in [0.25, 0.3) is 0 Å². The van der Waals surface area contributed by atoms with Crippen LogP contribution in [0.2, 0.25) is 0 Å². The van der Waals surface area contributed by atoms with Crippen LogP contribution in [0, 0.1) is 20.8 Å². The van der Waals surface area contributed by atoms with Gasteiger partial charge >= 0.3 is 0 Å². The summed E-state index contributed by atoms with van der Waals surface area (Å²) in [5, 5.41) is 0. The van der Waals surface area contributed by atoms with Crippen molar-refractivity contribution in [3.63, 3.8) is 0 Å². The summed E-state index contributed by atoms with van der Waals surface area (Å²) in [6.45, 7) is 8.53. The maximum Gasteiger partial charge on any atom is 0.243 e. The van der Waals surface area contributed by atoms with E-state index in [4.69, 9.17) is 5.73 Å². The average molecular weight is 294 g/mol. The van der Waals surface area contributed by atoms with Gasteiger partial charge in [-0.2, -0.15) is 4.31 Å². The van der Waals surface area contributed by atoms with Crippen LogP contribution in [-0.4, -0.2) is 25.8 Å². The number of nitrogens with two attached hydrogens (primary N) is 1. The Labute approximate surface area is 121 Å². The van der Waals surface area contributed by atoms with E-state index in [1.54, 1.807) is 6.92 Å². The largest absolute Gasteiger partial charge is 0.398 e. The summed E-state index contributed by atoms with van der Waals surface area (Å²) in [4.78, 5) is 0.378. The van der Waals surface area contributed by atoms with E-state index in [1.807, 2.05) is 32.9 Å². The number of sulfonamides is 1. The highest BCUT2D eigenvalue weighted by atomic mass is 32.2.